The van der Waals surface area contributed by atoms with Crippen LogP contribution in [0.25, 0.3) is 10.9 Å². The lowest BCUT2D eigenvalue weighted by Gasteiger charge is -2.62. The minimum atomic E-state index is -0.346. The summed E-state index contributed by atoms with van der Waals surface area (Å²) in [5.74, 6) is 3.05. The van der Waals surface area contributed by atoms with Crippen LogP contribution in [-0.2, 0) is 17.7 Å². The molecule has 218 valence electrons. The zero-order valence-electron chi connectivity index (χ0n) is 24.4. The van der Waals surface area contributed by atoms with Gasteiger partial charge in [-0.05, 0) is 72.3 Å². The Balaban J connectivity index is 1.23. The molecule has 4 atom stereocenters. The van der Waals surface area contributed by atoms with Crippen LogP contribution in [0.1, 0.15) is 39.2 Å². The Morgan fingerprint density at radius 2 is 2.00 bits per heavy atom. The Kier molecular flexibility index (Phi) is 7.49. The number of aromatic nitrogens is 2. The first-order chi connectivity index (χ1) is 19.7. The van der Waals surface area contributed by atoms with Gasteiger partial charge in [-0.3, -0.25) is 9.36 Å². The zero-order chi connectivity index (χ0) is 28.7. The number of guanidine groups is 1. The van der Waals surface area contributed by atoms with E-state index < -0.39 is 0 Å². The molecule has 2 bridgehead atoms. The van der Waals surface area contributed by atoms with Crippen LogP contribution in [0.2, 0.25) is 0 Å². The lowest BCUT2D eigenvalue weighted by molar-refractivity contribution is -0.112. The van der Waals surface area contributed by atoms with E-state index in [0.29, 0.717) is 65.8 Å². The molecule has 1 N–H and O–H groups in total. The van der Waals surface area contributed by atoms with E-state index in [2.05, 4.69) is 36.0 Å². The van der Waals surface area contributed by atoms with Crippen molar-refractivity contribution >= 4 is 22.5 Å². The Morgan fingerprint density at radius 1 is 1.20 bits per heavy atom. The highest BCUT2D eigenvalue weighted by Gasteiger charge is 2.56. The number of morpholine rings is 1. The fourth-order valence-electron chi connectivity index (χ4n) is 7.07. The molecular weight excluding hydrogens is 521 g/mol. The average molecular weight is 562 g/mol. The van der Waals surface area contributed by atoms with E-state index in [1.807, 2.05) is 12.1 Å². The maximum Gasteiger partial charge on any atom is 0.261 e. The number of nitrogens with zero attached hydrogens (tertiary/aromatic N) is 4. The normalized spacial score (nSPS) is 25.6. The van der Waals surface area contributed by atoms with Crippen molar-refractivity contribution in [3.05, 3.63) is 64.5 Å². The number of methoxy groups -OCH3 is 1. The molecule has 1 saturated heterocycles. The summed E-state index contributed by atoms with van der Waals surface area (Å²) in [6, 6.07) is 10.7. The van der Waals surface area contributed by atoms with Crippen LogP contribution in [0.3, 0.4) is 0 Å². The quantitative estimate of drug-likeness (QED) is 0.345. The van der Waals surface area contributed by atoms with Gasteiger partial charge in [0.2, 0.25) is 0 Å². The Hall–Kier alpha value is -3.46. The number of hydrogen-bond donors (Lipinski definition) is 1. The molecule has 0 radical (unpaired) electrons. The summed E-state index contributed by atoms with van der Waals surface area (Å²) in [5, 5.41) is 4.35. The van der Waals surface area contributed by atoms with Gasteiger partial charge >= 0.3 is 0 Å². The number of halogens is 1. The monoisotopic (exact) mass is 561 g/mol. The molecule has 8 nitrogen and oxygen atoms in total. The molecule has 41 heavy (non-hydrogen) atoms. The number of rotatable bonds is 6. The van der Waals surface area contributed by atoms with Crippen molar-refractivity contribution < 1.29 is 13.9 Å². The summed E-state index contributed by atoms with van der Waals surface area (Å²) in [6.45, 7) is 10.5. The second kappa shape index (κ2) is 11.1. The molecule has 4 fully saturated rings. The van der Waals surface area contributed by atoms with E-state index in [0.717, 1.165) is 43.0 Å². The first-order valence-corrected chi connectivity index (χ1v) is 14.7. The third kappa shape index (κ3) is 5.32. The van der Waals surface area contributed by atoms with E-state index >= 15 is 0 Å². The molecule has 3 aliphatic carbocycles. The maximum atomic E-state index is 14.4. The lowest BCUT2D eigenvalue weighted by Crippen LogP contribution is -2.62. The van der Waals surface area contributed by atoms with Gasteiger partial charge in [-0.15, -0.1) is 0 Å². The van der Waals surface area contributed by atoms with Gasteiger partial charge < -0.3 is 19.7 Å². The number of aliphatic imine (C=N–C) groups is 1. The number of hydrogen-bond acceptors (Lipinski definition) is 5. The number of ether oxygens (including phenoxy) is 2. The van der Waals surface area contributed by atoms with E-state index in [4.69, 9.17) is 14.5 Å². The Bertz CT molecular complexity index is 1510. The average Bonchev–Trinajstić information content (AvgIpc) is 2.98. The van der Waals surface area contributed by atoms with E-state index in [1.165, 1.54) is 24.2 Å². The first-order valence-electron chi connectivity index (χ1n) is 14.7. The zero-order valence-corrected chi connectivity index (χ0v) is 24.4. The van der Waals surface area contributed by atoms with Gasteiger partial charge in [-0.25, -0.2) is 14.4 Å². The predicted octanol–water partition coefficient (Wildman–Crippen LogP) is 4.77. The van der Waals surface area contributed by atoms with Crippen molar-refractivity contribution in [1.82, 2.24) is 19.8 Å². The molecule has 7 rings (SSSR count). The van der Waals surface area contributed by atoms with Crippen LogP contribution < -0.4 is 15.6 Å². The SMILES string of the molecule is COc1ccc(CCn2cnc3cc(N=C(NC4C[C@H]5C[C@H]([C@H]4C)C5(C)C)N4CCOCC4)ccc3c2=O)c(F)c1. The third-order valence-corrected chi connectivity index (χ3v) is 9.91. The molecule has 9 heteroatoms. The van der Waals surface area contributed by atoms with Crippen molar-refractivity contribution in [1.29, 1.82) is 0 Å². The molecule has 2 heterocycles. The maximum absolute atomic E-state index is 14.4. The predicted molar refractivity (Wildman–Crippen MR) is 158 cm³/mol. The van der Waals surface area contributed by atoms with Gasteiger partial charge in [-0.1, -0.05) is 26.8 Å². The van der Waals surface area contributed by atoms with Crippen LogP contribution in [0.4, 0.5) is 10.1 Å². The fourth-order valence-corrected chi connectivity index (χ4v) is 7.07. The first kappa shape index (κ1) is 27.7. The smallest absolute Gasteiger partial charge is 0.261 e. The summed E-state index contributed by atoms with van der Waals surface area (Å²) in [6.07, 6.45) is 4.41. The Morgan fingerprint density at radius 3 is 2.71 bits per heavy atom. The van der Waals surface area contributed by atoms with E-state index in [1.54, 1.807) is 24.5 Å². The highest BCUT2D eigenvalue weighted by molar-refractivity contribution is 5.86. The van der Waals surface area contributed by atoms with Crippen LogP contribution >= 0.6 is 0 Å². The number of nitrogens with one attached hydrogen (secondary N) is 1. The summed E-state index contributed by atoms with van der Waals surface area (Å²) in [4.78, 5) is 25.1. The van der Waals surface area contributed by atoms with E-state index in [-0.39, 0.29) is 11.4 Å². The van der Waals surface area contributed by atoms with E-state index in [9.17, 15) is 9.18 Å². The van der Waals surface area contributed by atoms with Gasteiger partial charge in [0.05, 0.1) is 43.2 Å². The third-order valence-electron chi connectivity index (χ3n) is 9.91. The molecule has 3 aromatic rings. The Labute approximate surface area is 240 Å². The molecular formula is C32H40FN5O3. The second-order valence-corrected chi connectivity index (χ2v) is 12.4. The summed E-state index contributed by atoms with van der Waals surface area (Å²) >= 11 is 0. The highest BCUT2D eigenvalue weighted by Crippen LogP contribution is 2.61. The molecule has 0 spiro atoms. The minimum Gasteiger partial charge on any atom is -0.497 e. The van der Waals surface area contributed by atoms with Crippen LogP contribution in [0, 0.1) is 29.0 Å². The fraction of sp³-hybridized carbons (Fsp3) is 0.531. The number of benzene rings is 2. The van der Waals surface area contributed by atoms with Gasteiger partial charge in [0, 0.05) is 31.7 Å². The number of aryl methyl sites for hydroxylation is 2. The van der Waals surface area contributed by atoms with Gasteiger partial charge in [0.1, 0.15) is 11.6 Å². The molecule has 4 aliphatic rings. The van der Waals surface area contributed by atoms with Gasteiger partial charge in [-0.2, -0.15) is 0 Å². The summed E-state index contributed by atoms with van der Waals surface area (Å²) < 4.78 is 26.6. The molecule has 1 unspecified atom stereocenters. The molecule has 1 aromatic heterocycles. The molecule has 0 amide bonds. The molecule has 3 saturated carbocycles. The topological polar surface area (TPSA) is 81.0 Å². The van der Waals surface area contributed by atoms with Gasteiger partial charge in [0.15, 0.2) is 5.96 Å². The van der Waals surface area contributed by atoms with Crippen molar-refractivity contribution in [2.24, 2.45) is 28.2 Å². The number of fused-ring (bicyclic) bond motifs is 3. The summed E-state index contributed by atoms with van der Waals surface area (Å²) in [5.41, 5.74) is 2.15. The van der Waals surface area contributed by atoms with Crippen molar-refractivity contribution in [2.75, 3.05) is 33.4 Å². The highest BCUT2D eigenvalue weighted by atomic mass is 19.1. The van der Waals surface area contributed by atoms with Gasteiger partial charge in [0.25, 0.3) is 5.56 Å². The van der Waals surface area contributed by atoms with Crippen molar-refractivity contribution in [3.8, 4) is 5.75 Å². The van der Waals surface area contributed by atoms with Crippen LogP contribution in [-0.4, -0.2) is 59.9 Å². The largest absolute Gasteiger partial charge is 0.497 e. The molecule has 1 aliphatic heterocycles. The van der Waals surface area contributed by atoms with Crippen molar-refractivity contribution in [2.45, 2.75) is 52.6 Å². The van der Waals surface area contributed by atoms with Crippen molar-refractivity contribution in [3.63, 3.8) is 0 Å². The summed E-state index contributed by atoms with van der Waals surface area (Å²) in [7, 11) is 1.51. The lowest BCUT2D eigenvalue weighted by atomic mass is 9.45. The van der Waals surface area contributed by atoms with Crippen LogP contribution in [0.5, 0.6) is 5.75 Å². The minimum absolute atomic E-state index is 0.149. The standard InChI is InChI=1S/C32H40FN5O3/c1-20-26-15-22(32(26,2)3)16-28(20)36-31(37-11-13-41-14-12-37)35-23-6-8-25-29(17-23)34-19-38(30(25)39)10-9-21-5-7-24(40-4)18-27(21)33/h5-8,17-20,22,26,28H,9-16H2,1-4H3,(H,35,36)/t20-,22-,26-,28?/m1/s1. The molecule has 2 aromatic carbocycles. The van der Waals surface area contributed by atoms with Crippen LogP contribution in [0.15, 0.2) is 52.5 Å². The second-order valence-electron chi connectivity index (χ2n) is 12.4.